The summed E-state index contributed by atoms with van der Waals surface area (Å²) in [4.78, 5) is 12.2. The van der Waals surface area contributed by atoms with Gasteiger partial charge in [0.1, 0.15) is 11.5 Å². The number of aryl methyl sites for hydroxylation is 2. The van der Waals surface area contributed by atoms with Crippen LogP contribution in [0.15, 0.2) is 42.5 Å². The molecule has 0 saturated heterocycles. The molecule has 134 valence electrons. The second kappa shape index (κ2) is 7.46. The van der Waals surface area contributed by atoms with Crippen LogP contribution in [-0.4, -0.2) is 18.4 Å². The molecular weight excluding hydrogens is 335 g/mol. The van der Waals surface area contributed by atoms with Gasteiger partial charge in [0.15, 0.2) is 6.10 Å². The minimum absolute atomic E-state index is 0.343. The van der Waals surface area contributed by atoms with E-state index in [-0.39, 0.29) is 5.75 Å². The average Bonchev–Trinajstić information content (AvgIpc) is 2.50. The Balaban J connectivity index is 1.96. The molecule has 4 nitrogen and oxygen atoms in total. The Morgan fingerprint density at radius 3 is 2.28 bits per heavy atom. The van der Waals surface area contributed by atoms with Gasteiger partial charge in [0.2, 0.25) is 0 Å². The fourth-order valence-electron chi connectivity index (χ4n) is 2.16. The molecule has 1 atom stereocenters. The van der Waals surface area contributed by atoms with Crippen molar-refractivity contribution in [3.8, 4) is 11.5 Å². The summed E-state index contributed by atoms with van der Waals surface area (Å²) in [5.41, 5.74) is 2.34. The van der Waals surface area contributed by atoms with E-state index in [1.807, 2.05) is 26.0 Å². The minimum Gasteiger partial charge on any atom is -0.481 e. The number of ether oxygens (including phenoxy) is 2. The third kappa shape index (κ3) is 5.70. The van der Waals surface area contributed by atoms with Gasteiger partial charge in [-0.1, -0.05) is 17.7 Å². The summed E-state index contributed by atoms with van der Waals surface area (Å²) in [6.45, 7) is 5.43. The highest BCUT2D eigenvalue weighted by Gasteiger charge is 2.31. The zero-order chi connectivity index (χ0) is 18.6. The Morgan fingerprint density at radius 2 is 1.72 bits per heavy atom. The molecule has 0 bridgehead atoms. The van der Waals surface area contributed by atoms with Crippen LogP contribution in [0, 0.1) is 13.8 Å². The lowest BCUT2D eigenvalue weighted by molar-refractivity contribution is -0.274. The van der Waals surface area contributed by atoms with Crippen LogP contribution in [0.1, 0.15) is 18.1 Å². The van der Waals surface area contributed by atoms with Crippen molar-refractivity contribution in [1.82, 2.24) is 0 Å². The summed E-state index contributed by atoms with van der Waals surface area (Å²) in [5.74, 6) is -0.170. The van der Waals surface area contributed by atoms with E-state index in [9.17, 15) is 18.0 Å². The zero-order valence-corrected chi connectivity index (χ0v) is 14.0. The number of carbonyl (C=O) groups excluding carboxylic acids is 1. The molecule has 1 N–H and O–H groups in total. The SMILES string of the molecule is Cc1ccc(O[C@@H](C)C(=O)Nc2ccc(OC(F)(F)F)cc2)c(C)c1. The number of alkyl halides is 3. The van der Waals surface area contributed by atoms with Crippen LogP contribution in [-0.2, 0) is 4.79 Å². The van der Waals surface area contributed by atoms with Crippen molar-refractivity contribution in [3.63, 3.8) is 0 Å². The molecule has 0 aliphatic carbocycles. The van der Waals surface area contributed by atoms with E-state index < -0.39 is 18.4 Å². The molecule has 2 aromatic carbocycles. The maximum Gasteiger partial charge on any atom is 0.573 e. The predicted molar refractivity (Wildman–Crippen MR) is 87.8 cm³/mol. The number of hydrogen-bond donors (Lipinski definition) is 1. The summed E-state index contributed by atoms with van der Waals surface area (Å²) >= 11 is 0. The fourth-order valence-corrected chi connectivity index (χ4v) is 2.16. The van der Waals surface area contributed by atoms with Crippen LogP contribution >= 0.6 is 0 Å². The molecule has 0 aliphatic heterocycles. The number of amides is 1. The quantitative estimate of drug-likeness (QED) is 0.854. The van der Waals surface area contributed by atoms with Gasteiger partial charge in [0.25, 0.3) is 5.91 Å². The first-order valence-corrected chi connectivity index (χ1v) is 7.54. The summed E-state index contributed by atoms with van der Waals surface area (Å²) in [7, 11) is 0. The van der Waals surface area contributed by atoms with Crippen molar-refractivity contribution in [2.24, 2.45) is 0 Å². The van der Waals surface area contributed by atoms with Crippen molar-refractivity contribution < 1.29 is 27.4 Å². The topological polar surface area (TPSA) is 47.6 Å². The minimum atomic E-state index is -4.75. The smallest absolute Gasteiger partial charge is 0.481 e. The number of rotatable bonds is 5. The molecule has 0 spiro atoms. The van der Waals surface area contributed by atoms with Gasteiger partial charge in [-0.2, -0.15) is 0 Å². The molecule has 0 heterocycles. The van der Waals surface area contributed by atoms with E-state index in [0.29, 0.717) is 11.4 Å². The van der Waals surface area contributed by atoms with E-state index >= 15 is 0 Å². The van der Waals surface area contributed by atoms with E-state index in [1.54, 1.807) is 13.0 Å². The van der Waals surface area contributed by atoms with Crippen LogP contribution < -0.4 is 14.8 Å². The average molecular weight is 353 g/mol. The van der Waals surface area contributed by atoms with Gasteiger partial charge in [-0.05, 0) is 56.7 Å². The van der Waals surface area contributed by atoms with Gasteiger partial charge in [-0.3, -0.25) is 4.79 Å². The molecule has 0 aliphatic rings. The molecule has 7 heteroatoms. The number of nitrogens with one attached hydrogen (secondary N) is 1. The van der Waals surface area contributed by atoms with Crippen LogP contribution in [0.25, 0.3) is 0 Å². The first-order valence-electron chi connectivity index (χ1n) is 7.54. The van der Waals surface area contributed by atoms with Gasteiger partial charge in [0.05, 0.1) is 0 Å². The van der Waals surface area contributed by atoms with Gasteiger partial charge in [-0.15, -0.1) is 13.2 Å². The van der Waals surface area contributed by atoms with Crippen molar-refractivity contribution in [1.29, 1.82) is 0 Å². The third-order valence-corrected chi connectivity index (χ3v) is 3.36. The maximum atomic E-state index is 12.2. The Hall–Kier alpha value is -2.70. The van der Waals surface area contributed by atoms with Gasteiger partial charge >= 0.3 is 6.36 Å². The number of hydrogen-bond acceptors (Lipinski definition) is 3. The van der Waals surface area contributed by atoms with Crippen LogP contribution in [0.4, 0.5) is 18.9 Å². The molecule has 2 aromatic rings. The lowest BCUT2D eigenvalue weighted by atomic mass is 10.1. The number of carbonyl (C=O) groups is 1. The van der Waals surface area contributed by atoms with Gasteiger partial charge in [0, 0.05) is 5.69 Å². The first-order chi connectivity index (χ1) is 11.6. The highest BCUT2D eigenvalue weighted by molar-refractivity contribution is 5.94. The molecule has 2 rings (SSSR count). The fraction of sp³-hybridized carbons (Fsp3) is 0.278. The van der Waals surface area contributed by atoms with Gasteiger partial charge < -0.3 is 14.8 Å². The summed E-state index contributed by atoms with van der Waals surface area (Å²) in [5, 5.41) is 2.58. The second-order valence-electron chi connectivity index (χ2n) is 5.59. The molecular formula is C18H18F3NO3. The Labute approximate surface area is 143 Å². The predicted octanol–water partition coefficient (Wildman–Crippen LogP) is 4.61. The van der Waals surface area contributed by atoms with Crippen LogP contribution in [0.3, 0.4) is 0 Å². The lowest BCUT2D eigenvalue weighted by Crippen LogP contribution is -2.30. The van der Waals surface area contributed by atoms with E-state index in [1.165, 1.54) is 12.1 Å². The Bertz CT molecular complexity index is 742. The molecule has 0 saturated carbocycles. The Morgan fingerprint density at radius 1 is 1.08 bits per heavy atom. The summed E-state index contributed by atoms with van der Waals surface area (Å²) in [6.07, 6.45) is -5.52. The molecule has 25 heavy (non-hydrogen) atoms. The molecule has 0 fully saturated rings. The van der Waals surface area contributed by atoms with Crippen molar-refractivity contribution in [2.75, 3.05) is 5.32 Å². The molecule has 0 aromatic heterocycles. The maximum absolute atomic E-state index is 12.2. The number of anilines is 1. The highest BCUT2D eigenvalue weighted by Crippen LogP contribution is 2.24. The largest absolute Gasteiger partial charge is 0.573 e. The lowest BCUT2D eigenvalue weighted by Gasteiger charge is -2.17. The van der Waals surface area contributed by atoms with Crippen LogP contribution in [0.5, 0.6) is 11.5 Å². The number of benzene rings is 2. The molecule has 0 radical (unpaired) electrons. The molecule has 0 unspecified atom stereocenters. The third-order valence-electron chi connectivity index (χ3n) is 3.36. The van der Waals surface area contributed by atoms with E-state index in [0.717, 1.165) is 23.3 Å². The second-order valence-corrected chi connectivity index (χ2v) is 5.59. The highest BCUT2D eigenvalue weighted by atomic mass is 19.4. The number of halogens is 3. The summed E-state index contributed by atoms with van der Waals surface area (Å²) < 4.78 is 45.8. The van der Waals surface area contributed by atoms with Gasteiger partial charge in [-0.25, -0.2) is 0 Å². The Kier molecular flexibility index (Phi) is 5.56. The molecule has 1 amide bonds. The van der Waals surface area contributed by atoms with E-state index in [2.05, 4.69) is 10.1 Å². The normalized spacial score (nSPS) is 12.4. The first kappa shape index (κ1) is 18.6. The zero-order valence-electron chi connectivity index (χ0n) is 14.0. The van der Waals surface area contributed by atoms with Crippen molar-refractivity contribution in [3.05, 3.63) is 53.6 Å². The van der Waals surface area contributed by atoms with E-state index in [4.69, 9.17) is 4.74 Å². The monoisotopic (exact) mass is 353 g/mol. The summed E-state index contributed by atoms with van der Waals surface area (Å²) in [6, 6.07) is 10.5. The van der Waals surface area contributed by atoms with Crippen LogP contribution in [0.2, 0.25) is 0 Å². The van der Waals surface area contributed by atoms with Crippen molar-refractivity contribution in [2.45, 2.75) is 33.2 Å². The standard InChI is InChI=1S/C18H18F3NO3/c1-11-4-9-16(12(2)10-11)24-13(3)17(23)22-14-5-7-15(8-6-14)25-18(19,20)21/h4-10,13H,1-3H3,(H,22,23)/t13-/m0/s1. The van der Waals surface area contributed by atoms with Crippen molar-refractivity contribution >= 4 is 11.6 Å².